The molecule has 1 aromatic carbocycles. The third kappa shape index (κ3) is 4.38. The van der Waals surface area contributed by atoms with Crippen molar-refractivity contribution in [2.75, 3.05) is 26.2 Å². The van der Waals surface area contributed by atoms with Crippen LogP contribution in [0.3, 0.4) is 0 Å². The minimum atomic E-state index is -2.64. The Kier molecular flexibility index (Phi) is 5.39. The number of rotatable bonds is 6. The van der Waals surface area contributed by atoms with Crippen LogP contribution in [-0.2, 0) is 17.9 Å². The number of nitrogens with zero attached hydrogens (tertiary/aromatic N) is 4. The third-order valence-corrected chi connectivity index (χ3v) is 5.38. The predicted octanol–water partition coefficient (Wildman–Crippen LogP) is 3.18. The SMILES string of the molecule is O=C(Cn1nc(C2CC2)cc1C(F)F)N1CCN(Cc2ccc(F)cc2)CC1. The minimum absolute atomic E-state index is 0.148. The van der Waals surface area contributed by atoms with Crippen molar-refractivity contribution in [2.45, 2.75) is 38.3 Å². The molecule has 0 unspecified atom stereocenters. The van der Waals surface area contributed by atoms with Gasteiger partial charge in [-0.05, 0) is 36.6 Å². The van der Waals surface area contributed by atoms with Crippen molar-refractivity contribution in [1.82, 2.24) is 19.6 Å². The number of carbonyl (C=O) groups is 1. The summed E-state index contributed by atoms with van der Waals surface area (Å²) in [6, 6.07) is 7.84. The van der Waals surface area contributed by atoms with E-state index in [2.05, 4.69) is 10.00 Å². The normalized spacial score (nSPS) is 18.1. The molecule has 0 atom stereocenters. The van der Waals surface area contributed by atoms with E-state index in [0.717, 1.165) is 18.4 Å². The van der Waals surface area contributed by atoms with Gasteiger partial charge in [-0.2, -0.15) is 5.10 Å². The largest absolute Gasteiger partial charge is 0.339 e. The van der Waals surface area contributed by atoms with Crippen LogP contribution in [0.15, 0.2) is 30.3 Å². The van der Waals surface area contributed by atoms with E-state index in [1.165, 1.54) is 22.9 Å². The zero-order chi connectivity index (χ0) is 19.7. The quantitative estimate of drug-likeness (QED) is 0.758. The molecule has 0 radical (unpaired) electrons. The van der Waals surface area contributed by atoms with Crippen molar-refractivity contribution in [2.24, 2.45) is 0 Å². The van der Waals surface area contributed by atoms with E-state index in [1.807, 2.05) is 0 Å². The maximum Gasteiger partial charge on any atom is 0.280 e. The number of aromatic nitrogens is 2. The fourth-order valence-corrected chi connectivity index (χ4v) is 3.56. The Bertz CT molecular complexity index is 824. The average molecular weight is 392 g/mol. The van der Waals surface area contributed by atoms with E-state index < -0.39 is 6.43 Å². The summed E-state index contributed by atoms with van der Waals surface area (Å²) < 4.78 is 40.7. The van der Waals surface area contributed by atoms with E-state index in [4.69, 9.17) is 0 Å². The van der Waals surface area contributed by atoms with Crippen LogP contribution in [0.2, 0.25) is 0 Å². The molecule has 8 heteroatoms. The van der Waals surface area contributed by atoms with Crippen LogP contribution < -0.4 is 0 Å². The van der Waals surface area contributed by atoms with Crippen LogP contribution in [0.4, 0.5) is 13.2 Å². The zero-order valence-corrected chi connectivity index (χ0v) is 15.5. The Balaban J connectivity index is 1.32. The second-order valence-electron chi connectivity index (χ2n) is 7.51. The van der Waals surface area contributed by atoms with Crippen molar-refractivity contribution in [3.05, 3.63) is 53.1 Å². The molecule has 4 rings (SSSR count). The summed E-state index contributed by atoms with van der Waals surface area (Å²) in [6.45, 7) is 3.02. The van der Waals surface area contributed by atoms with E-state index in [-0.39, 0.29) is 29.9 Å². The summed E-state index contributed by atoms with van der Waals surface area (Å²) in [6.07, 6.45) is -0.687. The van der Waals surface area contributed by atoms with Crippen molar-refractivity contribution in [3.63, 3.8) is 0 Å². The molecule has 0 spiro atoms. The second-order valence-corrected chi connectivity index (χ2v) is 7.51. The number of amides is 1. The Hall–Kier alpha value is -2.35. The number of hydrogen-bond donors (Lipinski definition) is 0. The lowest BCUT2D eigenvalue weighted by atomic mass is 10.2. The van der Waals surface area contributed by atoms with Gasteiger partial charge in [0.15, 0.2) is 0 Å². The molecule has 5 nitrogen and oxygen atoms in total. The minimum Gasteiger partial charge on any atom is -0.339 e. The second kappa shape index (κ2) is 7.95. The van der Waals surface area contributed by atoms with Crippen LogP contribution in [0.25, 0.3) is 0 Å². The van der Waals surface area contributed by atoms with Crippen molar-refractivity contribution < 1.29 is 18.0 Å². The average Bonchev–Trinajstić information content (AvgIpc) is 3.44. The zero-order valence-electron chi connectivity index (χ0n) is 15.5. The number of benzene rings is 1. The van der Waals surface area contributed by atoms with E-state index >= 15 is 0 Å². The van der Waals surface area contributed by atoms with Gasteiger partial charge in [0.25, 0.3) is 6.43 Å². The first-order chi connectivity index (χ1) is 13.5. The highest BCUT2D eigenvalue weighted by Crippen LogP contribution is 2.40. The van der Waals surface area contributed by atoms with Crippen LogP contribution in [0.1, 0.15) is 42.1 Å². The molecule has 28 heavy (non-hydrogen) atoms. The Labute approximate surface area is 161 Å². The fraction of sp³-hybridized carbons (Fsp3) is 0.500. The maximum absolute atomic E-state index is 13.3. The van der Waals surface area contributed by atoms with Gasteiger partial charge in [-0.1, -0.05) is 12.1 Å². The molecule has 2 aliphatic rings. The first-order valence-electron chi connectivity index (χ1n) is 9.60. The van der Waals surface area contributed by atoms with Gasteiger partial charge in [0, 0.05) is 38.6 Å². The summed E-state index contributed by atoms with van der Waals surface area (Å²) in [5, 5.41) is 4.25. The van der Waals surface area contributed by atoms with E-state index in [0.29, 0.717) is 38.4 Å². The van der Waals surface area contributed by atoms with Crippen molar-refractivity contribution in [3.8, 4) is 0 Å². The summed E-state index contributed by atoms with van der Waals surface area (Å²) in [7, 11) is 0. The monoisotopic (exact) mass is 392 g/mol. The first-order valence-corrected chi connectivity index (χ1v) is 9.60. The van der Waals surface area contributed by atoms with Gasteiger partial charge in [0.05, 0.1) is 5.69 Å². The molecule has 0 N–H and O–H groups in total. The van der Waals surface area contributed by atoms with Gasteiger partial charge < -0.3 is 4.90 Å². The summed E-state index contributed by atoms with van der Waals surface area (Å²) in [5.41, 5.74) is 1.52. The highest BCUT2D eigenvalue weighted by molar-refractivity contribution is 5.76. The third-order valence-electron chi connectivity index (χ3n) is 5.38. The first kappa shape index (κ1) is 19.0. The highest BCUT2D eigenvalue weighted by atomic mass is 19.3. The standard InChI is InChI=1S/C20H23F3N4O/c21-16-5-1-14(2-6-16)12-25-7-9-26(10-8-25)19(28)13-27-18(20(22)23)11-17(24-27)15-3-4-15/h1-2,5-6,11,15,20H,3-4,7-10,12-13H2. The van der Waals surface area contributed by atoms with Crippen LogP contribution in [0, 0.1) is 5.82 Å². The molecule has 1 aromatic heterocycles. The van der Waals surface area contributed by atoms with E-state index in [1.54, 1.807) is 17.0 Å². The topological polar surface area (TPSA) is 41.4 Å². The van der Waals surface area contributed by atoms with Crippen LogP contribution >= 0.6 is 0 Å². The highest BCUT2D eigenvalue weighted by Gasteiger charge is 2.30. The molecule has 1 aliphatic carbocycles. The molecule has 150 valence electrons. The van der Waals surface area contributed by atoms with Crippen molar-refractivity contribution >= 4 is 5.91 Å². The molecule has 2 aromatic rings. The summed E-state index contributed by atoms with van der Waals surface area (Å²) in [4.78, 5) is 16.5. The van der Waals surface area contributed by atoms with Gasteiger partial charge in [0.2, 0.25) is 5.91 Å². The summed E-state index contributed by atoms with van der Waals surface area (Å²) in [5.74, 6) is -0.177. The molecule has 1 aliphatic heterocycles. The lowest BCUT2D eigenvalue weighted by Gasteiger charge is -2.34. The molecule has 1 amide bonds. The Morgan fingerprint density at radius 2 is 1.79 bits per heavy atom. The molecule has 2 heterocycles. The number of carbonyl (C=O) groups excluding carboxylic acids is 1. The maximum atomic E-state index is 13.3. The number of alkyl halides is 2. The predicted molar refractivity (Wildman–Crippen MR) is 97.4 cm³/mol. The van der Waals surface area contributed by atoms with Gasteiger partial charge in [-0.3, -0.25) is 14.4 Å². The van der Waals surface area contributed by atoms with Crippen LogP contribution in [-0.4, -0.2) is 51.7 Å². The molecular formula is C20H23F3N4O. The lowest BCUT2D eigenvalue weighted by molar-refractivity contribution is -0.134. The van der Waals surface area contributed by atoms with Gasteiger partial charge >= 0.3 is 0 Å². The Morgan fingerprint density at radius 3 is 2.39 bits per heavy atom. The molecule has 2 fully saturated rings. The smallest absolute Gasteiger partial charge is 0.280 e. The van der Waals surface area contributed by atoms with Crippen LogP contribution in [0.5, 0.6) is 0 Å². The summed E-state index contributed by atoms with van der Waals surface area (Å²) >= 11 is 0. The molecule has 1 saturated carbocycles. The Morgan fingerprint density at radius 1 is 1.11 bits per heavy atom. The fourth-order valence-electron chi connectivity index (χ4n) is 3.56. The number of piperazine rings is 1. The van der Waals surface area contributed by atoms with Gasteiger partial charge in [0.1, 0.15) is 18.1 Å². The number of halogens is 3. The van der Waals surface area contributed by atoms with Crippen molar-refractivity contribution in [1.29, 1.82) is 0 Å². The van der Waals surface area contributed by atoms with E-state index in [9.17, 15) is 18.0 Å². The lowest BCUT2D eigenvalue weighted by Crippen LogP contribution is -2.49. The van der Waals surface area contributed by atoms with Gasteiger partial charge in [-0.15, -0.1) is 0 Å². The molecular weight excluding hydrogens is 369 g/mol. The molecule has 1 saturated heterocycles. The molecule has 0 bridgehead atoms. The van der Waals surface area contributed by atoms with Gasteiger partial charge in [-0.25, -0.2) is 13.2 Å². The number of hydrogen-bond acceptors (Lipinski definition) is 3.